The van der Waals surface area contributed by atoms with Crippen LogP contribution >= 0.6 is 23.4 Å². The molecule has 0 fully saturated rings. The second kappa shape index (κ2) is 10.4. The largest absolute Gasteiger partial charge is 0.495 e. The lowest BCUT2D eigenvalue weighted by molar-refractivity contribution is 0.407. The Hall–Kier alpha value is -3.41. The van der Waals surface area contributed by atoms with E-state index in [1.807, 2.05) is 16.7 Å². The second-order valence-electron chi connectivity index (χ2n) is 9.36. The normalized spacial score (nSPS) is 16.7. The van der Waals surface area contributed by atoms with Gasteiger partial charge in [0.2, 0.25) is 0 Å². The minimum absolute atomic E-state index is 0.0358. The number of fused-ring (bicyclic) bond motifs is 1. The van der Waals surface area contributed by atoms with Crippen LogP contribution in [0.2, 0.25) is 5.02 Å². The first-order chi connectivity index (χ1) is 18.2. The van der Waals surface area contributed by atoms with Crippen molar-refractivity contribution < 1.29 is 17.9 Å². The van der Waals surface area contributed by atoms with Gasteiger partial charge in [0, 0.05) is 22.4 Å². The Balaban J connectivity index is 1.65. The van der Waals surface area contributed by atoms with Gasteiger partial charge in [-0.2, -0.15) is 5.26 Å². The highest BCUT2D eigenvalue weighted by Gasteiger charge is 2.40. The first-order valence-electron chi connectivity index (χ1n) is 12.0. The average molecular weight is 554 g/mol. The zero-order valence-corrected chi connectivity index (χ0v) is 22.3. The van der Waals surface area contributed by atoms with Crippen LogP contribution < -0.4 is 4.74 Å². The van der Waals surface area contributed by atoms with Crippen molar-refractivity contribution in [3.05, 3.63) is 105 Å². The number of thioether (sulfide) groups is 1. The summed E-state index contributed by atoms with van der Waals surface area (Å²) in [7, 11) is 1.57. The quantitative estimate of drug-likeness (QED) is 0.229. The molecule has 9 heteroatoms. The molecule has 1 aliphatic carbocycles. The Morgan fingerprint density at radius 1 is 1.11 bits per heavy atom. The van der Waals surface area contributed by atoms with Crippen molar-refractivity contribution in [3.8, 4) is 17.5 Å². The van der Waals surface area contributed by atoms with Gasteiger partial charge < -0.3 is 4.74 Å². The predicted octanol–water partition coefficient (Wildman–Crippen LogP) is 7.76. The van der Waals surface area contributed by atoms with Crippen LogP contribution in [0.4, 0.5) is 13.2 Å². The summed E-state index contributed by atoms with van der Waals surface area (Å²) in [5.74, 6) is -1.41. The van der Waals surface area contributed by atoms with Gasteiger partial charge in [0.25, 0.3) is 0 Å². The lowest BCUT2D eigenvalue weighted by atomic mass is 9.71. The van der Waals surface area contributed by atoms with Gasteiger partial charge in [0.05, 0.1) is 35.2 Å². The molecule has 0 amide bonds. The summed E-state index contributed by atoms with van der Waals surface area (Å²) in [6, 6.07) is 15.6. The summed E-state index contributed by atoms with van der Waals surface area (Å²) in [6.45, 7) is 2.13. The molecule has 0 spiro atoms. The monoisotopic (exact) mass is 553 g/mol. The molecule has 1 heterocycles. The van der Waals surface area contributed by atoms with E-state index in [0.717, 1.165) is 48.3 Å². The zero-order valence-electron chi connectivity index (χ0n) is 20.7. The van der Waals surface area contributed by atoms with Crippen LogP contribution in [0.1, 0.15) is 47.8 Å². The summed E-state index contributed by atoms with van der Waals surface area (Å²) in [5, 5.41) is 10.1. The van der Waals surface area contributed by atoms with Gasteiger partial charge in [-0.3, -0.25) is 4.57 Å². The molecular weight excluding hydrogens is 531 g/mol. The van der Waals surface area contributed by atoms with Crippen LogP contribution in [0.5, 0.6) is 5.75 Å². The number of nitrogens with zero attached hydrogens (tertiary/aromatic N) is 3. The number of halogens is 4. The minimum Gasteiger partial charge on any atom is -0.495 e. The van der Waals surface area contributed by atoms with E-state index in [2.05, 4.69) is 6.92 Å². The van der Waals surface area contributed by atoms with Gasteiger partial charge in [-0.15, -0.1) is 0 Å². The number of hydrogen-bond donors (Lipinski definition) is 0. The highest BCUT2D eigenvalue weighted by Crippen LogP contribution is 2.46. The number of aromatic nitrogens is 2. The molecule has 0 radical (unpaired) electrons. The number of aryl methyl sites for hydroxylation is 1. The van der Waals surface area contributed by atoms with Crippen LogP contribution in [0, 0.1) is 28.8 Å². The molecule has 0 saturated carbocycles. The fourth-order valence-corrected chi connectivity index (χ4v) is 6.31. The maximum Gasteiger partial charge on any atom is 0.173 e. The van der Waals surface area contributed by atoms with Gasteiger partial charge in [-0.1, -0.05) is 29.4 Å². The Morgan fingerprint density at radius 2 is 1.82 bits per heavy atom. The third-order valence-electron chi connectivity index (χ3n) is 7.02. The van der Waals surface area contributed by atoms with Crippen LogP contribution in [-0.4, -0.2) is 16.7 Å². The van der Waals surface area contributed by atoms with E-state index in [-0.39, 0.29) is 22.7 Å². The molecule has 1 atom stereocenters. The summed E-state index contributed by atoms with van der Waals surface area (Å²) in [5.41, 5.74) is 2.79. The third kappa shape index (κ3) is 4.65. The number of benzene rings is 3. The van der Waals surface area contributed by atoms with E-state index in [4.69, 9.17) is 26.6 Å². The van der Waals surface area contributed by atoms with E-state index in [1.54, 1.807) is 31.4 Å². The molecule has 38 heavy (non-hydrogen) atoms. The molecular formula is C29H23ClF3N3OS. The maximum atomic E-state index is 14.6. The first kappa shape index (κ1) is 26.2. The Labute approximate surface area is 228 Å². The van der Waals surface area contributed by atoms with Crippen LogP contribution in [0.15, 0.2) is 59.8 Å². The van der Waals surface area contributed by atoms with Crippen LogP contribution in [-0.2, 0) is 17.6 Å². The van der Waals surface area contributed by atoms with Gasteiger partial charge in [0.1, 0.15) is 23.2 Å². The van der Waals surface area contributed by atoms with E-state index in [0.29, 0.717) is 21.6 Å². The van der Waals surface area contributed by atoms with Gasteiger partial charge in [-0.25, -0.2) is 18.2 Å². The predicted molar refractivity (Wildman–Crippen MR) is 142 cm³/mol. The van der Waals surface area contributed by atoms with Gasteiger partial charge in [-0.05, 0) is 80.3 Å². The highest BCUT2D eigenvalue weighted by molar-refractivity contribution is 7.98. The highest BCUT2D eigenvalue weighted by atomic mass is 35.5. The molecule has 1 aromatic heterocycles. The smallest absolute Gasteiger partial charge is 0.173 e. The number of imidazole rings is 1. The fourth-order valence-electron chi connectivity index (χ4n) is 5.06. The van der Waals surface area contributed by atoms with E-state index in [9.17, 15) is 13.2 Å². The summed E-state index contributed by atoms with van der Waals surface area (Å²) < 4.78 is 50.6. The number of methoxy groups -OCH3 is 1. The Morgan fingerprint density at radius 3 is 2.47 bits per heavy atom. The molecule has 4 nitrogen and oxygen atoms in total. The van der Waals surface area contributed by atoms with E-state index < -0.39 is 17.0 Å². The standard InChI is InChI=1S/C29H23ClF3N3OS/c1-29(18-5-10-22(30)26(14-18)37-2)11-3-4-25-27(29)36(20-8-6-19(31)7-9-20)28(35-25)38-16-21-23(32)12-17(15-34)13-24(21)33/h5-10,12-14H,3-4,11,16H2,1-2H3. The summed E-state index contributed by atoms with van der Waals surface area (Å²) in [4.78, 5) is 4.92. The number of hydrogen-bond acceptors (Lipinski definition) is 4. The van der Waals surface area contributed by atoms with Crippen LogP contribution in [0.3, 0.4) is 0 Å². The van der Waals surface area contributed by atoms with Crippen molar-refractivity contribution in [2.24, 2.45) is 0 Å². The molecule has 0 saturated heterocycles. The summed E-state index contributed by atoms with van der Waals surface area (Å²) in [6.07, 6.45) is 2.44. The van der Waals surface area contributed by atoms with E-state index >= 15 is 0 Å². The van der Waals surface area contributed by atoms with Gasteiger partial charge in [0.15, 0.2) is 5.16 Å². The molecule has 194 valence electrons. The molecule has 0 bridgehead atoms. The molecule has 3 aromatic carbocycles. The second-order valence-corrected chi connectivity index (χ2v) is 10.7. The average Bonchev–Trinajstić information content (AvgIpc) is 3.28. The minimum atomic E-state index is -0.781. The van der Waals surface area contributed by atoms with Crippen LogP contribution in [0.25, 0.3) is 5.69 Å². The molecule has 4 aromatic rings. The van der Waals surface area contributed by atoms with Gasteiger partial charge >= 0.3 is 0 Å². The Bertz CT molecular complexity index is 1540. The number of rotatable bonds is 6. The Kier molecular flexibility index (Phi) is 7.17. The van der Waals surface area contributed by atoms with Crippen molar-refractivity contribution in [2.45, 2.75) is 42.5 Å². The van der Waals surface area contributed by atoms with Crippen molar-refractivity contribution >= 4 is 23.4 Å². The van der Waals surface area contributed by atoms with Crippen molar-refractivity contribution in [1.29, 1.82) is 5.26 Å². The third-order valence-corrected chi connectivity index (χ3v) is 8.30. The maximum absolute atomic E-state index is 14.6. The van der Waals surface area contributed by atoms with Crippen molar-refractivity contribution in [1.82, 2.24) is 9.55 Å². The molecule has 0 N–H and O–H groups in total. The van der Waals surface area contributed by atoms with Crippen molar-refractivity contribution in [3.63, 3.8) is 0 Å². The van der Waals surface area contributed by atoms with Crippen molar-refractivity contribution in [2.75, 3.05) is 7.11 Å². The number of ether oxygens (including phenoxy) is 1. The fraction of sp³-hybridized carbons (Fsp3) is 0.241. The topological polar surface area (TPSA) is 50.8 Å². The lowest BCUT2D eigenvalue weighted by Gasteiger charge is -2.36. The summed E-state index contributed by atoms with van der Waals surface area (Å²) >= 11 is 7.50. The first-order valence-corrected chi connectivity index (χ1v) is 13.3. The molecule has 0 aliphatic heterocycles. The SMILES string of the molecule is COc1cc(C2(C)CCCc3nc(SCc4c(F)cc(C#N)cc4F)n(-c4ccc(F)cc4)c32)ccc1Cl. The number of nitriles is 1. The molecule has 1 unspecified atom stereocenters. The van der Waals surface area contributed by atoms with E-state index in [1.165, 1.54) is 23.9 Å². The molecule has 5 rings (SSSR count). The zero-order chi connectivity index (χ0) is 27.0. The lowest BCUT2D eigenvalue weighted by Crippen LogP contribution is -2.31. The molecule has 1 aliphatic rings.